The third kappa shape index (κ3) is 3.18. The summed E-state index contributed by atoms with van der Waals surface area (Å²) in [4.78, 5) is 0. The first-order chi connectivity index (χ1) is 14.1. The van der Waals surface area contributed by atoms with Crippen molar-refractivity contribution in [2.24, 2.45) is 5.73 Å². The van der Waals surface area contributed by atoms with Crippen LogP contribution in [0.5, 0.6) is 28.7 Å². The van der Waals surface area contributed by atoms with Crippen molar-refractivity contribution >= 4 is 15.9 Å². The molecule has 0 saturated heterocycles. The molecule has 2 heterocycles. The van der Waals surface area contributed by atoms with E-state index in [1.165, 1.54) is 7.11 Å². The van der Waals surface area contributed by atoms with E-state index in [-0.39, 0.29) is 24.9 Å². The molecule has 8 heteroatoms. The first-order valence-electron chi connectivity index (χ1n) is 8.52. The van der Waals surface area contributed by atoms with E-state index in [9.17, 15) is 5.26 Å². The van der Waals surface area contributed by atoms with Crippen LogP contribution in [0.4, 0.5) is 0 Å². The Morgan fingerprint density at radius 2 is 2.00 bits per heavy atom. The SMILES string of the molecule is C#CCOc1c(Br)cc([C@H]2C(C#N)=C(N)Oc3cc4c(cc32)OCO4)cc1OC. The number of terminal acetylenes is 1. The van der Waals surface area contributed by atoms with E-state index in [1.54, 1.807) is 18.2 Å². The van der Waals surface area contributed by atoms with E-state index in [2.05, 4.69) is 27.9 Å². The number of rotatable bonds is 4. The Bertz CT molecular complexity index is 1110. The largest absolute Gasteiger partial charge is 0.493 e. The highest BCUT2D eigenvalue weighted by Gasteiger charge is 2.34. The molecule has 2 aromatic rings. The lowest BCUT2D eigenvalue weighted by atomic mass is 9.83. The molecular weight excluding hydrogens is 440 g/mol. The van der Waals surface area contributed by atoms with Crippen LogP contribution in [0.2, 0.25) is 0 Å². The van der Waals surface area contributed by atoms with Crippen LogP contribution in [0.25, 0.3) is 0 Å². The predicted octanol–water partition coefficient (Wildman–Crippen LogP) is 3.42. The first-order valence-corrected chi connectivity index (χ1v) is 9.31. The molecule has 0 bridgehead atoms. The summed E-state index contributed by atoms with van der Waals surface area (Å²) in [5, 5.41) is 9.77. The van der Waals surface area contributed by atoms with E-state index < -0.39 is 5.92 Å². The highest BCUT2D eigenvalue weighted by atomic mass is 79.9. The van der Waals surface area contributed by atoms with Crippen LogP contribution in [-0.2, 0) is 0 Å². The van der Waals surface area contributed by atoms with Gasteiger partial charge in [0, 0.05) is 11.6 Å². The summed E-state index contributed by atoms with van der Waals surface area (Å²) in [5.74, 6) is 4.54. The minimum Gasteiger partial charge on any atom is -0.493 e. The van der Waals surface area contributed by atoms with Gasteiger partial charge in [-0.3, -0.25) is 0 Å². The first kappa shape index (κ1) is 18.9. The number of benzene rings is 2. The van der Waals surface area contributed by atoms with Crippen molar-refractivity contribution < 1.29 is 23.7 Å². The number of hydrogen-bond acceptors (Lipinski definition) is 7. The average Bonchev–Trinajstić information content (AvgIpc) is 3.17. The summed E-state index contributed by atoms with van der Waals surface area (Å²) in [5.41, 5.74) is 7.82. The van der Waals surface area contributed by atoms with Crippen LogP contribution in [0, 0.1) is 23.7 Å². The van der Waals surface area contributed by atoms with Gasteiger partial charge in [0.1, 0.15) is 24.0 Å². The Kier molecular flexibility index (Phi) is 4.87. The van der Waals surface area contributed by atoms with Gasteiger partial charge in [-0.1, -0.05) is 5.92 Å². The summed E-state index contributed by atoms with van der Waals surface area (Å²) < 4.78 is 28.3. The van der Waals surface area contributed by atoms with Gasteiger partial charge in [0.2, 0.25) is 12.7 Å². The summed E-state index contributed by atoms with van der Waals surface area (Å²) in [6, 6.07) is 9.29. The number of nitrogens with two attached hydrogens (primary N) is 1. The van der Waals surface area contributed by atoms with Crippen molar-refractivity contribution in [3.63, 3.8) is 0 Å². The van der Waals surface area contributed by atoms with Gasteiger partial charge >= 0.3 is 0 Å². The van der Waals surface area contributed by atoms with Gasteiger partial charge < -0.3 is 29.4 Å². The fourth-order valence-electron chi connectivity index (χ4n) is 3.35. The van der Waals surface area contributed by atoms with Crippen molar-refractivity contribution in [1.82, 2.24) is 0 Å². The van der Waals surface area contributed by atoms with E-state index >= 15 is 0 Å². The van der Waals surface area contributed by atoms with Gasteiger partial charge in [-0.2, -0.15) is 5.26 Å². The Morgan fingerprint density at radius 1 is 1.24 bits per heavy atom. The number of halogens is 1. The maximum atomic E-state index is 9.77. The van der Waals surface area contributed by atoms with Crippen molar-refractivity contribution in [3.8, 4) is 47.2 Å². The van der Waals surface area contributed by atoms with Crippen molar-refractivity contribution in [1.29, 1.82) is 5.26 Å². The molecule has 0 amide bonds. The van der Waals surface area contributed by atoms with Crippen LogP contribution < -0.4 is 29.4 Å². The Hall–Kier alpha value is -3.49. The number of allylic oxidation sites excluding steroid dienone is 1. The molecule has 0 fully saturated rings. The standard InChI is InChI=1S/C21H15BrN2O5/c1-3-4-26-20-14(22)5-11(6-18(20)25-2)19-12-7-16-17(28-10-27-16)8-15(12)29-21(24)13(19)9-23/h1,5-8,19H,4,10,24H2,2H3/t19-/m1/s1. The molecule has 2 aliphatic rings. The number of ether oxygens (including phenoxy) is 5. The highest BCUT2D eigenvalue weighted by Crippen LogP contribution is 2.49. The fraction of sp³-hybridized carbons (Fsp3) is 0.190. The molecule has 146 valence electrons. The van der Waals surface area contributed by atoms with E-state index in [1.807, 2.05) is 6.07 Å². The predicted molar refractivity (Wildman–Crippen MR) is 107 cm³/mol. The van der Waals surface area contributed by atoms with Gasteiger partial charge in [0.05, 0.1) is 17.5 Å². The van der Waals surface area contributed by atoms with Gasteiger partial charge in [-0.05, 0) is 39.7 Å². The quantitative estimate of drug-likeness (QED) is 0.706. The molecule has 2 aliphatic heterocycles. The van der Waals surface area contributed by atoms with E-state index in [0.717, 1.165) is 11.1 Å². The normalized spacial score (nSPS) is 16.3. The van der Waals surface area contributed by atoms with Crippen LogP contribution in [-0.4, -0.2) is 20.5 Å². The average molecular weight is 455 g/mol. The number of nitrogens with zero attached hydrogens (tertiary/aromatic N) is 1. The lowest BCUT2D eigenvalue weighted by Gasteiger charge is -2.27. The van der Waals surface area contributed by atoms with Crippen LogP contribution in [0.1, 0.15) is 17.0 Å². The second kappa shape index (κ2) is 7.50. The minimum atomic E-state index is -0.495. The van der Waals surface area contributed by atoms with E-state index in [0.29, 0.717) is 33.2 Å². The second-order valence-electron chi connectivity index (χ2n) is 6.20. The monoisotopic (exact) mass is 454 g/mol. The molecule has 29 heavy (non-hydrogen) atoms. The third-order valence-electron chi connectivity index (χ3n) is 4.60. The minimum absolute atomic E-state index is 0.0339. The van der Waals surface area contributed by atoms with Crippen molar-refractivity contribution in [2.45, 2.75) is 5.92 Å². The molecule has 0 unspecified atom stereocenters. The van der Waals surface area contributed by atoms with E-state index in [4.69, 9.17) is 35.8 Å². The zero-order valence-electron chi connectivity index (χ0n) is 15.3. The molecule has 1 atom stereocenters. The molecule has 0 radical (unpaired) electrons. The van der Waals surface area contributed by atoms with Gasteiger partial charge in [0.25, 0.3) is 0 Å². The molecule has 0 saturated carbocycles. The number of methoxy groups -OCH3 is 1. The van der Waals surface area contributed by atoms with Crippen LogP contribution >= 0.6 is 15.9 Å². The molecule has 4 rings (SSSR count). The van der Waals surface area contributed by atoms with Gasteiger partial charge in [-0.25, -0.2) is 0 Å². The summed E-state index contributed by atoms with van der Waals surface area (Å²) >= 11 is 3.50. The zero-order valence-corrected chi connectivity index (χ0v) is 16.9. The third-order valence-corrected chi connectivity index (χ3v) is 5.18. The molecule has 0 spiro atoms. The molecule has 0 aliphatic carbocycles. The molecule has 2 aromatic carbocycles. The Labute approximate surface area is 175 Å². The number of nitriles is 1. The lowest BCUT2D eigenvalue weighted by Crippen LogP contribution is -2.21. The van der Waals surface area contributed by atoms with Crippen molar-refractivity contribution in [3.05, 3.63) is 51.3 Å². The van der Waals surface area contributed by atoms with Gasteiger partial charge in [-0.15, -0.1) is 6.42 Å². The zero-order chi connectivity index (χ0) is 20.5. The number of hydrogen-bond donors (Lipinski definition) is 1. The smallest absolute Gasteiger partial charge is 0.231 e. The maximum Gasteiger partial charge on any atom is 0.231 e. The van der Waals surface area contributed by atoms with Crippen molar-refractivity contribution in [2.75, 3.05) is 20.5 Å². The number of fused-ring (bicyclic) bond motifs is 2. The van der Waals surface area contributed by atoms with Gasteiger partial charge in [0.15, 0.2) is 23.0 Å². The Morgan fingerprint density at radius 3 is 2.69 bits per heavy atom. The Balaban J connectivity index is 1.89. The fourth-order valence-corrected chi connectivity index (χ4v) is 3.92. The lowest BCUT2D eigenvalue weighted by molar-refractivity contribution is 0.174. The summed E-state index contributed by atoms with van der Waals surface area (Å²) in [6.07, 6.45) is 5.29. The molecule has 2 N–H and O–H groups in total. The topological polar surface area (TPSA) is 96.0 Å². The molecule has 0 aromatic heterocycles. The maximum absolute atomic E-state index is 9.77. The van der Waals surface area contributed by atoms with Crippen LogP contribution in [0.3, 0.4) is 0 Å². The summed E-state index contributed by atoms with van der Waals surface area (Å²) in [7, 11) is 1.53. The van der Waals surface area contributed by atoms with Crippen LogP contribution in [0.15, 0.2) is 40.2 Å². The second-order valence-corrected chi connectivity index (χ2v) is 7.05. The molecular formula is C21H15BrN2O5. The molecule has 7 nitrogen and oxygen atoms in total. The highest BCUT2D eigenvalue weighted by molar-refractivity contribution is 9.10. The summed E-state index contributed by atoms with van der Waals surface area (Å²) in [6.45, 7) is 0.214.